The molecule has 0 bridgehead atoms. The lowest BCUT2D eigenvalue weighted by Gasteiger charge is -2.22. The summed E-state index contributed by atoms with van der Waals surface area (Å²) in [5.74, 6) is 1.75. The van der Waals surface area contributed by atoms with E-state index in [0.717, 1.165) is 36.6 Å². The van der Waals surface area contributed by atoms with Crippen LogP contribution >= 0.6 is 11.8 Å². The van der Waals surface area contributed by atoms with Gasteiger partial charge in [-0.2, -0.15) is 0 Å². The number of fused-ring (bicyclic) bond motifs is 6. The number of hydrogen-bond acceptors (Lipinski definition) is 4. The first-order valence-electron chi connectivity index (χ1n) is 19.0. The summed E-state index contributed by atoms with van der Waals surface area (Å²) in [5, 5.41) is 0. The van der Waals surface area contributed by atoms with Gasteiger partial charge in [0.15, 0.2) is 21.3 Å². The molecule has 0 N–H and O–H groups in total. The van der Waals surface area contributed by atoms with Gasteiger partial charge in [0.25, 0.3) is 0 Å². The average molecular weight is 768 g/mol. The first-order valence-corrected chi connectivity index (χ1v) is 21.0. The SMILES string of the molecule is COc1cc([S+](c2ccc3c(c2)C(C)(C)c2ccccc2-3)c2ccccc2OC)ccc1Sc1ccc2c(c1)C(C)(C)c1cc(C(=O)c3ccccc3)ccc1-2. The molecule has 2 aliphatic rings. The minimum absolute atomic E-state index is 0.0473. The maximum atomic E-state index is 13.4. The van der Waals surface area contributed by atoms with Crippen LogP contribution in [-0.4, -0.2) is 20.0 Å². The molecule has 0 aliphatic heterocycles. The Hall–Kier alpha value is -5.49. The number of rotatable bonds is 9. The number of carbonyl (C=O) groups excluding carboxylic acids is 1. The Labute approximate surface area is 337 Å². The average Bonchev–Trinajstić information content (AvgIpc) is 3.60. The van der Waals surface area contributed by atoms with Crippen LogP contribution < -0.4 is 9.47 Å². The number of ketones is 1. The first kappa shape index (κ1) is 36.2. The highest BCUT2D eigenvalue weighted by atomic mass is 32.2. The second-order valence-corrected chi connectivity index (χ2v) is 18.6. The zero-order valence-corrected chi connectivity index (χ0v) is 34.1. The Morgan fingerprint density at radius 3 is 1.84 bits per heavy atom. The third-order valence-electron chi connectivity index (χ3n) is 11.6. The van der Waals surface area contributed by atoms with Crippen molar-refractivity contribution in [3.8, 4) is 33.8 Å². The van der Waals surface area contributed by atoms with Gasteiger partial charge < -0.3 is 9.47 Å². The van der Waals surface area contributed by atoms with Crippen LogP contribution in [0.1, 0.15) is 65.9 Å². The van der Waals surface area contributed by atoms with Gasteiger partial charge in [0.2, 0.25) is 4.90 Å². The van der Waals surface area contributed by atoms with Gasteiger partial charge in [0.05, 0.1) is 19.1 Å². The minimum Gasteiger partial charge on any atom is -0.495 e. The number of hydrogen-bond donors (Lipinski definition) is 0. The quantitative estimate of drug-likeness (QED) is 0.108. The Morgan fingerprint density at radius 2 is 1.07 bits per heavy atom. The summed E-state index contributed by atoms with van der Waals surface area (Å²) in [7, 11) is 3.04. The van der Waals surface area contributed by atoms with E-state index in [0.29, 0.717) is 5.56 Å². The van der Waals surface area contributed by atoms with E-state index >= 15 is 0 Å². The Balaban J connectivity index is 1.06. The molecule has 0 heterocycles. The molecule has 7 aromatic rings. The van der Waals surface area contributed by atoms with Crippen molar-refractivity contribution in [1.82, 2.24) is 0 Å². The summed E-state index contributed by atoms with van der Waals surface area (Å²) in [6, 6.07) is 53.3. The lowest BCUT2D eigenvalue weighted by atomic mass is 9.81. The molecule has 5 heteroatoms. The van der Waals surface area contributed by atoms with Gasteiger partial charge in [-0.05, 0) is 105 Å². The number of carbonyl (C=O) groups is 1. The number of methoxy groups -OCH3 is 2. The smallest absolute Gasteiger partial charge is 0.208 e. The highest BCUT2D eigenvalue weighted by Crippen LogP contribution is 2.52. The third kappa shape index (κ3) is 5.88. The molecule has 276 valence electrons. The van der Waals surface area contributed by atoms with E-state index in [1.165, 1.54) is 49.4 Å². The Bertz CT molecular complexity index is 2680. The van der Waals surface area contributed by atoms with Crippen molar-refractivity contribution in [2.24, 2.45) is 0 Å². The second kappa shape index (κ2) is 13.9. The van der Waals surface area contributed by atoms with Crippen molar-refractivity contribution in [2.75, 3.05) is 14.2 Å². The van der Waals surface area contributed by atoms with E-state index in [-0.39, 0.29) is 16.6 Å². The number of benzene rings is 7. The lowest BCUT2D eigenvalue weighted by Crippen LogP contribution is -2.16. The monoisotopic (exact) mass is 767 g/mol. The fraction of sp³-hybridized carbons (Fsp3) is 0.157. The Morgan fingerprint density at radius 1 is 0.500 bits per heavy atom. The van der Waals surface area contributed by atoms with E-state index in [2.05, 4.69) is 137 Å². The maximum absolute atomic E-state index is 13.4. The van der Waals surface area contributed by atoms with Gasteiger partial charge in [-0.25, -0.2) is 0 Å². The third-order valence-corrected chi connectivity index (χ3v) is 14.9. The topological polar surface area (TPSA) is 35.5 Å². The zero-order chi connectivity index (χ0) is 38.8. The number of para-hydroxylation sites is 1. The minimum atomic E-state index is -0.473. The van der Waals surface area contributed by atoms with Gasteiger partial charge in [0, 0.05) is 32.9 Å². The van der Waals surface area contributed by atoms with Crippen LogP contribution in [0, 0.1) is 0 Å². The van der Waals surface area contributed by atoms with E-state index in [9.17, 15) is 4.79 Å². The highest BCUT2D eigenvalue weighted by molar-refractivity contribution is 7.99. The summed E-state index contributed by atoms with van der Waals surface area (Å²) in [4.78, 5) is 19.1. The van der Waals surface area contributed by atoms with Gasteiger partial charge in [0.1, 0.15) is 16.6 Å². The molecule has 1 unspecified atom stereocenters. The predicted octanol–water partition coefficient (Wildman–Crippen LogP) is 12.8. The molecule has 0 fully saturated rings. The van der Waals surface area contributed by atoms with Gasteiger partial charge in [-0.1, -0.05) is 124 Å². The molecule has 0 radical (unpaired) electrons. The van der Waals surface area contributed by atoms with Crippen LogP contribution in [0.25, 0.3) is 22.3 Å². The fourth-order valence-electron chi connectivity index (χ4n) is 8.65. The molecule has 7 aromatic carbocycles. The molecule has 0 saturated heterocycles. The van der Waals surface area contributed by atoms with E-state index in [1.54, 1.807) is 26.0 Å². The van der Waals surface area contributed by atoms with E-state index in [1.807, 2.05) is 42.5 Å². The normalized spacial score (nSPS) is 14.6. The van der Waals surface area contributed by atoms with E-state index < -0.39 is 10.9 Å². The highest BCUT2D eigenvalue weighted by Gasteiger charge is 2.40. The van der Waals surface area contributed by atoms with Crippen LogP contribution in [0.2, 0.25) is 0 Å². The van der Waals surface area contributed by atoms with Gasteiger partial charge in [-0.3, -0.25) is 4.79 Å². The van der Waals surface area contributed by atoms with Crippen LogP contribution in [-0.2, 0) is 21.7 Å². The lowest BCUT2D eigenvalue weighted by molar-refractivity contribution is 0.103. The molecule has 0 amide bonds. The van der Waals surface area contributed by atoms with Crippen molar-refractivity contribution in [2.45, 2.75) is 63.0 Å². The maximum Gasteiger partial charge on any atom is 0.208 e. The first-order chi connectivity index (χ1) is 27.1. The van der Waals surface area contributed by atoms with E-state index in [4.69, 9.17) is 9.47 Å². The molecular formula is C51H43O3S2+. The van der Waals surface area contributed by atoms with Gasteiger partial charge >= 0.3 is 0 Å². The van der Waals surface area contributed by atoms with Crippen molar-refractivity contribution < 1.29 is 14.3 Å². The largest absolute Gasteiger partial charge is 0.495 e. The summed E-state index contributed by atoms with van der Waals surface area (Å²) in [6.45, 7) is 9.19. The molecular weight excluding hydrogens is 725 g/mol. The fourth-order valence-corrected chi connectivity index (χ4v) is 11.8. The summed E-state index contributed by atoms with van der Waals surface area (Å²) in [5.41, 5.74) is 11.3. The molecule has 1 atom stereocenters. The van der Waals surface area contributed by atoms with Crippen LogP contribution in [0.5, 0.6) is 11.5 Å². The van der Waals surface area contributed by atoms with Crippen LogP contribution in [0.4, 0.5) is 0 Å². The summed E-state index contributed by atoms with van der Waals surface area (Å²) < 4.78 is 12.1. The van der Waals surface area contributed by atoms with Crippen molar-refractivity contribution in [1.29, 1.82) is 0 Å². The molecule has 0 saturated carbocycles. The number of ether oxygens (including phenoxy) is 2. The predicted molar refractivity (Wildman–Crippen MR) is 230 cm³/mol. The second-order valence-electron chi connectivity index (χ2n) is 15.5. The summed E-state index contributed by atoms with van der Waals surface area (Å²) >= 11 is 1.72. The molecule has 0 spiro atoms. The summed E-state index contributed by atoms with van der Waals surface area (Å²) in [6.07, 6.45) is 0. The van der Waals surface area contributed by atoms with Crippen molar-refractivity contribution in [3.05, 3.63) is 185 Å². The van der Waals surface area contributed by atoms with Crippen molar-refractivity contribution in [3.63, 3.8) is 0 Å². The zero-order valence-electron chi connectivity index (χ0n) is 32.5. The molecule has 0 aromatic heterocycles. The van der Waals surface area contributed by atoms with Crippen LogP contribution in [0.3, 0.4) is 0 Å². The van der Waals surface area contributed by atoms with Gasteiger partial charge in [-0.15, -0.1) is 0 Å². The molecule has 9 rings (SSSR count). The van der Waals surface area contributed by atoms with Crippen LogP contribution in [0.15, 0.2) is 176 Å². The standard InChI is InChI=1S/C51H43O3S2/c1-50(2)41-17-11-10-16-37(41)40-26-22-35(30-44(40)50)56(48-19-13-12-18-45(48)53-5)36-23-27-47(46(31-36)54-6)55-34-21-25-39-38-24-20-33(49(52)32-14-8-7-9-15-32)28-42(38)51(3,4)43(39)29-34/h7-31H,1-6H3/q+1. The molecule has 56 heavy (non-hydrogen) atoms. The Kier molecular flexibility index (Phi) is 8.99. The molecule has 3 nitrogen and oxygen atoms in total. The van der Waals surface area contributed by atoms with Crippen molar-refractivity contribution >= 4 is 28.4 Å². The molecule has 2 aliphatic carbocycles.